The summed E-state index contributed by atoms with van der Waals surface area (Å²) in [5, 5.41) is -7.84. The van der Waals surface area contributed by atoms with Crippen molar-refractivity contribution in [3.63, 3.8) is 0 Å². The second-order valence-corrected chi connectivity index (χ2v) is 14.6. The second-order valence-electron chi connectivity index (χ2n) is 8.26. The predicted molar refractivity (Wildman–Crippen MR) is 83.9 cm³/mol. The fraction of sp³-hybridized carbons (Fsp3) is 1.00. The molecule has 26 heteroatoms. The van der Waals surface area contributed by atoms with Crippen molar-refractivity contribution in [1.82, 2.24) is 0 Å². The van der Waals surface area contributed by atoms with Crippen molar-refractivity contribution in [2.45, 2.75) is 78.5 Å². The zero-order chi connectivity index (χ0) is 32.7. The zero-order valence-corrected chi connectivity index (χ0v) is 19.9. The van der Waals surface area contributed by atoms with Crippen molar-refractivity contribution in [2.75, 3.05) is 0 Å². The van der Waals surface area contributed by atoms with E-state index >= 15 is 0 Å². The van der Waals surface area contributed by atoms with Crippen molar-refractivity contribution < 1.29 is 104 Å². The molecular weight excluding hydrogens is 663 g/mol. The van der Waals surface area contributed by atoms with Gasteiger partial charge in [0.2, 0.25) is 8.32 Å². The van der Waals surface area contributed by atoms with Crippen LogP contribution in [0.3, 0.4) is 0 Å². The van der Waals surface area contributed by atoms with Gasteiger partial charge in [0.15, 0.2) is 0 Å². The summed E-state index contributed by atoms with van der Waals surface area (Å²) in [7, 11) is -11.8. The van der Waals surface area contributed by atoms with Gasteiger partial charge in [-0.15, -0.1) is 0 Å². The van der Waals surface area contributed by atoms with Crippen LogP contribution in [0.15, 0.2) is 0 Å². The lowest BCUT2D eigenvalue weighted by molar-refractivity contribution is -0.472. The van der Waals surface area contributed by atoms with E-state index in [1.807, 2.05) is 0 Å². The molecule has 0 aromatic heterocycles. The third-order valence-electron chi connectivity index (χ3n) is 4.16. The minimum atomic E-state index is -9.35. The minimum absolute atomic E-state index is 0.513. The van der Waals surface area contributed by atoms with E-state index in [2.05, 4.69) is 3.87 Å². The molecule has 3 nitrogen and oxygen atoms in total. The van der Waals surface area contributed by atoms with Gasteiger partial charge in [-0.3, -0.25) is 0 Å². The molecule has 0 N–H and O–H groups in total. The Morgan fingerprint density at radius 1 is 0.410 bits per heavy atom. The lowest BCUT2D eigenvalue weighted by Gasteiger charge is -2.44. The molecule has 0 aliphatic rings. The molecule has 0 aromatic carbocycles. The average molecular weight is 672 g/mol. The number of rotatable bonds is 11. The van der Waals surface area contributed by atoms with E-state index in [0.29, 0.717) is 19.6 Å². The van der Waals surface area contributed by atoms with Crippen LogP contribution in [-0.2, 0) is 14.0 Å². The number of hydrogen-bond acceptors (Lipinski definition) is 3. The van der Waals surface area contributed by atoms with Crippen LogP contribution >= 0.6 is 0 Å². The minimum Gasteiger partial charge on any atom is -0.311 e. The van der Waals surface area contributed by atoms with Crippen LogP contribution in [0, 0.1) is 0 Å². The van der Waals surface area contributed by atoms with Gasteiger partial charge in [0.1, 0.15) is 0 Å². The maximum absolute atomic E-state index is 13.8. The molecule has 0 aliphatic heterocycles. The highest BCUT2D eigenvalue weighted by atomic mass is 32.2. The molecule has 0 radical (unpaired) electrons. The maximum atomic E-state index is 13.8. The van der Waals surface area contributed by atoms with Crippen molar-refractivity contribution >= 4 is 18.4 Å². The first-order chi connectivity index (χ1) is 16.2. The normalized spacial score (nSPS) is 17.0. The highest BCUT2D eigenvalue weighted by Gasteiger charge is 2.98. The van der Waals surface area contributed by atoms with E-state index in [1.54, 1.807) is 0 Å². The van der Waals surface area contributed by atoms with E-state index in [9.17, 15) is 101 Å². The van der Waals surface area contributed by atoms with Crippen molar-refractivity contribution in [1.29, 1.82) is 0 Å². The van der Waals surface area contributed by atoms with Gasteiger partial charge < -0.3 is 3.87 Å². The third-order valence-corrected chi connectivity index (χ3v) is 7.92. The summed E-state index contributed by atoms with van der Waals surface area (Å²) >= 11 is 0. The first-order valence-electron chi connectivity index (χ1n) is 8.63. The number of halogens is 21. The Morgan fingerprint density at radius 2 is 0.615 bits per heavy atom. The molecular formula is C13H9F21O3SSi. The average Bonchev–Trinajstić information content (AvgIpc) is 2.63. The van der Waals surface area contributed by atoms with E-state index in [1.165, 1.54) is 0 Å². The molecule has 0 spiro atoms. The molecule has 0 saturated carbocycles. The summed E-state index contributed by atoms with van der Waals surface area (Å²) in [5.74, 6) is -72.2. The van der Waals surface area contributed by atoms with Crippen molar-refractivity contribution in [3.05, 3.63) is 0 Å². The summed E-state index contributed by atoms with van der Waals surface area (Å²) in [4.78, 5) is 0. The molecule has 0 unspecified atom stereocenters. The van der Waals surface area contributed by atoms with Gasteiger partial charge in [-0.1, -0.05) is 0 Å². The maximum Gasteiger partial charge on any atom is 0.460 e. The van der Waals surface area contributed by atoms with Crippen LogP contribution in [0.4, 0.5) is 92.2 Å². The van der Waals surface area contributed by atoms with Gasteiger partial charge in [-0.05, 0) is 19.6 Å². The number of hydrogen-bond donors (Lipinski definition) is 0. The Balaban J connectivity index is 7.26. The van der Waals surface area contributed by atoms with Gasteiger partial charge in [0.05, 0.1) is 0 Å². The molecule has 0 aliphatic carbocycles. The topological polar surface area (TPSA) is 43.4 Å². The van der Waals surface area contributed by atoms with E-state index in [0.717, 1.165) is 0 Å². The predicted octanol–water partition coefficient (Wildman–Crippen LogP) is 7.41. The van der Waals surface area contributed by atoms with Crippen LogP contribution in [0.2, 0.25) is 19.6 Å². The lowest BCUT2D eigenvalue weighted by atomic mass is 9.87. The molecule has 0 fully saturated rings. The van der Waals surface area contributed by atoms with Crippen LogP contribution in [0.5, 0.6) is 0 Å². The standard InChI is InChI=1S/C13H9F21O3SSi/c1-39(2,3)37-38(35,36)13(33,34)11(28,29)9(24,25)7(20,21)5(16,17)4(14,15)6(18,19)8(22,23)10(26,27)12(30,31)32/h1-3H3. The summed E-state index contributed by atoms with van der Waals surface area (Å²) in [6.45, 7) is 1.54. The molecule has 0 aromatic rings. The fourth-order valence-electron chi connectivity index (χ4n) is 2.08. The molecule has 0 heterocycles. The zero-order valence-electron chi connectivity index (χ0n) is 18.1. The Hall–Kier alpha value is -1.34. The Labute approximate surface area is 202 Å². The molecule has 0 atom stereocenters. The van der Waals surface area contributed by atoms with Crippen LogP contribution in [0.25, 0.3) is 0 Å². The Bertz CT molecular complexity index is 1020. The van der Waals surface area contributed by atoms with E-state index in [-0.39, 0.29) is 0 Å². The largest absolute Gasteiger partial charge is 0.460 e. The number of alkyl halides is 21. The smallest absolute Gasteiger partial charge is 0.311 e. The van der Waals surface area contributed by atoms with Crippen LogP contribution in [-0.4, -0.2) is 75.5 Å². The SMILES string of the molecule is C[Si](C)(C)OS(=O)(=O)C(F)(F)C(F)(F)C(F)(F)C(F)(F)C(F)(F)C(F)(F)C(F)(F)C(F)(F)C(F)(F)C(F)(F)F. The Kier molecular flexibility index (Phi) is 8.76. The second kappa shape index (κ2) is 9.08. The van der Waals surface area contributed by atoms with Gasteiger partial charge in [0, 0.05) is 0 Å². The van der Waals surface area contributed by atoms with Crippen molar-refractivity contribution in [3.8, 4) is 0 Å². The highest BCUT2D eigenvalue weighted by Crippen LogP contribution is 2.66. The first-order valence-corrected chi connectivity index (χ1v) is 13.4. The van der Waals surface area contributed by atoms with Crippen LogP contribution < -0.4 is 0 Å². The van der Waals surface area contributed by atoms with Gasteiger partial charge in [0.25, 0.3) is 0 Å². The van der Waals surface area contributed by atoms with Crippen LogP contribution in [0.1, 0.15) is 0 Å². The van der Waals surface area contributed by atoms with E-state index in [4.69, 9.17) is 0 Å². The first kappa shape index (κ1) is 37.7. The fourth-order valence-corrected chi connectivity index (χ4v) is 5.58. The lowest BCUT2D eigenvalue weighted by Crippen LogP contribution is -2.77. The molecule has 0 saturated heterocycles. The summed E-state index contributed by atoms with van der Waals surface area (Å²) in [6.07, 6.45) is -8.07. The van der Waals surface area contributed by atoms with Gasteiger partial charge in [-0.25, -0.2) is 0 Å². The summed E-state index contributed by atoms with van der Waals surface area (Å²) < 4.78 is 304. The molecule has 0 bridgehead atoms. The summed E-state index contributed by atoms with van der Waals surface area (Å²) in [6, 6.07) is 0. The molecule has 0 amide bonds. The monoisotopic (exact) mass is 672 g/mol. The van der Waals surface area contributed by atoms with Crippen molar-refractivity contribution in [2.24, 2.45) is 0 Å². The quantitative estimate of drug-likeness (QED) is 0.170. The van der Waals surface area contributed by atoms with Gasteiger partial charge in [-0.2, -0.15) is 101 Å². The molecule has 0 rings (SSSR count). The third kappa shape index (κ3) is 4.91. The highest BCUT2D eigenvalue weighted by molar-refractivity contribution is 7.88. The molecule has 236 valence electrons. The molecule has 39 heavy (non-hydrogen) atoms. The Morgan fingerprint density at radius 3 is 0.821 bits per heavy atom. The summed E-state index contributed by atoms with van der Waals surface area (Å²) in [5.41, 5.74) is 0. The van der Waals surface area contributed by atoms with E-state index < -0.39 is 77.2 Å². The van der Waals surface area contributed by atoms with Gasteiger partial charge >= 0.3 is 68.9 Å².